The molecular formula is C15H23NOS. The number of hydrogen-bond acceptors (Lipinski definition) is 3. The number of thiophene rings is 1. The largest absolute Gasteiger partial charge is 0.381 e. The van der Waals surface area contributed by atoms with Crippen molar-refractivity contribution in [3.8, 4) is 0 Å². The highest BCUT2D eigenvalue weighted by molar-refractivity contribution is 7.08. The molecule has 1 atom stereocenters. The van der Waals surface area contributed by atoms with Gasteiger partial charge >= 0.3 is 0 Å². The third kappa shape index (κ3) is 2.36. The van der Waals surface area contributed by atoms with Crippen molar-refractivity contribution >= 4 is 11.3 Å². The summed E-state index contributed by atoms with van der Waals surface area (Å²) in [7, 11) is 0. The normalized spacial score (nSPS) is 26.8. The van der Waals surface area contributed by atoms with Gasteiger partial charge in [0.15, 0.2) is 0 Å². The molecule has 0 aromatic carbocycles. The zero-order valence-corrected chi connectivity index (χ0v) is 12.0. The maximum absolute atomic E-state index is 5.55. The van der Waals surface area contributed by atoms with Gasteiger partial charge in [-0.05, 0) is 59.9 Å². The fraction of sp³-hybridized carbons (Fsp3) is 0.733. The molecule has 1 aliphatic heterocycles. The second-order valence-electron chi connectivity index (χ2n) is 5.88. The van der Waals surface area contributed by atoms with Crippen LogP contribution in [-0.4, -0.2) is 19.3 Å². The van der Waals surface area contributed by atoms with Crippen molar-refractivity contribution in [1.29, 1.82) is 0 Å². The summed E-state index contributed by atoms with van der Waals surface area (Å²) in [5, 5.41) is 8.37. The molecule has 100 valence electrons. The first-order valence-electron chi connectivity index (χ1n) is 7.13. The highest BCUT2D eigenvalue weighted by Crippen LogP contribution is 2.46. The third-order valence-electron chi connectivity index (χ3n) is 4.90. The average Bonchev–Trinajstić information content (AvgIpc) is 2.95. The van der Waals surface area contributed by atoms with E-state index in [4.69, 9.17) is 4.74 Å². The van der Waals surface area contributed by atoms with Crippen molar-refractivity contribution in [1.82, 2.24) is 5.32 Å². The maximum Gasteiger partial charge on any atom is 0.0471 e. The van der Waals surface area contributed by atoms with Crippen LogP contribution in [0.25, 0.3) is 0 Å². The van der Waals surface area contributed by atoms with E-state index in [2.05, 4.69) is 23.0 Å². The van der Waals surface area contributed by atoms with E-state index in [1.165, 1.54) is 43.2 Å². The first kappa shape index (κ1) is 12.6. The molecule has 1 N–H and O–H groups in total. The predicted octanol–water partition coefficient (Wildman–Crippen LogP) is 3.50. The zero-order chi connectivity index (χ0) is 12.4. The summed E-state index contributed by atoms with van der Waals surface area (Å²) in [5.74, 6) is 0. The van der Waals surface area contributed by atoms with Gasteiger partial charge in [0, 0.05) is 25.8 Å². The molecule has 1 aromatic heterocycles. The van der Waals surface area contributed by atoms with E-state index in [0.717, 1.165) is 19.8 Å². The Bertz CT molecular complexity index is 395. The molecule has 3 heteroatoms. The van der Waals surface area contributed by atoms with E-state index < -0.39 is 0 Å². The van der Waals surface area contributed by atoms with E-state index in [-0.39, 0.29) is 0 Å². The second-order valence-corrected chi connectivity index (χ2v) is 6.62. The molecule has 3 rings (SSSR count). The van der Waals surface area contributed by atoms with Crippen LogP contribution in [0.1, 0.15) is 43.2 Å². The minimum absolute atomic E-state index is 0.544. The number of ether oxygens (including phenoxy) is 1. The van der Waals surface area contributed by atoms with Crippen molar-refractivity contribution in [3.63, 3.8) is 0 Å². The van der Waals surface area contributed by atoms with Crippen LogP contribution >= 0.6 is 11.3 Å². The lowest BCUT2D eigenvalue weighted by Crippen LogP contribution is -2.44. The van der Waals surface area contributed by atoms with Gasteiger partial charge in [-0.25, -0.2) is 0 Å². The molecular weight excluding hydrogens is 242 g/mol. The number of aryl methyl sites for hydroxylation is 1. The van der Waals surface area contributed by atoms with Gasteiger partial charge in [0.1, 0.15) is 0 Å². The van der Waals surface area contributed by atoms with Crippen LogP contribution < -0.4 is 5.32 Å². The highest BCUT2D eigenvalue weighted by Gasteiger charge is 2.43. The first-order chi connectivity index (χ1) is 8.80. The summed E-state index contributed by atoms with van der Waals surface area (Å²) in [6.45, 7) is 5.19. The third-order valence-corrected chi connectivity index (χ3v) is 5.81. The first-order valence-corrected chi connectivity index (χ1v) is 8.07. The van der Waals surface area contributed by atoms with Gasteiger partial charge in [-0.1, -0.05) is 6.42 Å². The van der Waals surface area contributed by atoms with Crippen LogP contribution in [0.15, 0.2) is 10.8 Å². The van der Waals surface area contributed by atoms with Crippen LogP contribution in [-0.2, 0) is 11.3 Å². The Morgan fingerprint density at radius 2 is 2.17 bits per heavy atom. The van der Waals surface area contributed by atoms with Gasteiger partial charge < -0.3 is 10.1 Å². The molecule has 2 aliphatic rings. The van der Waals surface area contributed by atoms with Crippen molar-refractivity contribution in [2.24, 2.45) is 5.41 Å². The Balaban J connectivity index is 1.63. The number of nitrogens with one attached hydrogen (secondary N) is 1. The predicted molar refractivity (Wildman–Crippen MR) is 76.0 cm³/mol. The van der Waals surface area contributed by atoms with Gasteiger partial charge in [-0.3, -0.25) is 0 Å². The van der Waals surface area contributed by atoms with E-state index in [1.54, 1.807) is 0 Å². The lowest BCUT2D eigenvalue weighted by molar-refractivity contribution is 0.00415. The van der Waals surface area contributed by atoms with Gasteiger partial charge in [-0.2, -0.15) is 11.3 Å². The second kappa shape index (κ2) is 5.32. The maximum atomic E-state index is 5.55. The van der Waals surface area contributed by atoms with Crippen LogP contribution in [0.2, 0.25) is 0 Å². The van der Waals surface area contributed by atoms with Crippen molar-refractivity contribution in [3.05, 3.63) is 21.9 Å². The molecule has 1 aliphatic carbocycles. The molecule has 2 heterocycles. The molecule has 0 amide bonds. The van der Waals surface area contributed by atoms with Crippen LogP contribution in [0.4, 0.5) is 0 Å². The molecule has 1 saturated carbocycles. The van der Waals surface area contributed by atoms with Gasteiger partial charge in [0.2, 0.25) is 0 Å². The molecule has 0 bridgehead atoms. The lowest BCUT2D eigenvalue weighted by Gasteiger charge is -2.39. The molecule has 1 saturated heterocycles. The molecule has 18 heavy (non-hydrogen) atoms. The minimum Gasteiger partial charge on any atom is -0.381 e. The Hall–Kier alpha value is -0.380. The van der Waals surface area contributed by atoms with Crippen molar-refractivity contribution < 1.29 is 4.74 Å². The fourth-order valence-electron chi connectivity index (χ4n) is 3.63. The molecule has 2 nitrogen and oxygen atoms in total. The summed E-state index contributed by atoms with van der Waals surface area (Å²) in [6, 6.07) is 0.709. The van der Waals surface area contributed by atoms with Crippen molar-refractivity contribution in [2.45, 2.75) is 51.6 Å². The SMILES string of the molecule is Cc1cscc1CNC1CCCC12CCOCC2. The standard InChI is InChI=1S/C15H23NOS/c1-12-10-18-11-13(12)9-16-14-3-2-4-15(14)5-7-17-8-6-15/h10-11,14,16H,2-9H2,1H3. The molecule has 1 unspecified atom stereocenters. The van der Waals surface area contributed by atoms with E-state index in [0.29, 0.717) is 11.5 Å². The Morgan fingerprint density at radius 3 is 2.89 bits per heavy atom. The smallest absolute Gasteiger partial charge is 0.0471 e. The molecule has 2 fully saturated rings. The Morgan fingerprint density at radius 1 is 1.33 bits per heavy atom. The highest BCUT2D eigenvalue weighted by atomic mass is 32.1. The Labute approximate surface area is 114 Å². The topological polar surface area (TPSA) is 21.3 Å². The summed E-state index contributed by atoms with van der Waals surface area (Å²) in [6.07, 6.45) is 6.65. The summed E-state index contributed by atoms with van der Waals surface area (Å²) in [5.41, 5.74) is 3.46. The van der Waals surface area contributed by atoms with E-state index >= 15 is 0 Å². The lowest BCUT2D eigenvalue weighted by atomic mass is 9.75. The molecule has 0 radical (unpaired) electrons. The molecule has 1 aromatic rings. The summed E-state index contributed by atoms with van der Waals surface area (Å²) < 4.78 is 5.55. The molecule has 1 spiro atoms. The van der Waals surface area contributed by atoms with Gasteiger partial charge in [0.25, 0.3) is 0 Å². The van der Waals surface area contributed by atoms with Crippen LogP contribution in [0.3, 0.4) is 0 Å². The van der Waals surface area contributed by atoms with Crippen LogP contribution in [0.5, 0.6) is 0 Å². The van der Waals surface area contributed by atoms with Crippen LogP contribution in [0, 0.1) is 12.3 Å². The van der Waals surface area contributed by atoms with E-state index in [1.807, 2.05) is 11.3 Å². The minimum atomic E-state index is 0.544. The monoisotopic (exact) mass is 265 g/mol. The summed E-state index contributed by atoms with van der Waals surface area (Å²) >= 11 is 1.82. The Kier molecular flexibility index (Phi) is 3.73. The number of hydrogen-bond donors (Lipinski definition) is 1. The van der Waals surface area contributed by atoms with Gasteiger partial charge in [0.05, 0.1) is 0 Å². The van der Waals surface area contributed by atoms with E-state index in [9.17, 15) is 0 Å². The quantitative estimate of drug-likeness (QED) is 0.903. The average molecular weight is 265 g/mol. The summed E-state index contributed by atoms with van der Waals surface area (Å²) in [4.78, 5) is 0. The fourth-order valence-corrected chi connectivity index (χ4v) is 4.49. The zero-order valence-electron chi connectivity index (χ0n) is 11.2. The number of rotatable bonds is 3. The van der Waals surface area contributed by atoms with Crippen molar-refractivity contribution in [2.75, 3.05) is 13.2 Å². The van der Waals surface area contributed by atoms with Gasteiger partial charge in [-0.15, -0.1) is 0 Å².